The van der Waals surface area contributed by atoms with Gasteiger partial charge in [0.05, 0.1) is 56.4 Å². The summed E-state index contributed by atoms with van der Waals surface area (Å²) in [7, 11) is 0. The summed E-state index contributed by atoms with van der Waals surface area (Å²) in [5.41, 5.74) is 2.37. The summed E-state index contributed by atoms with van der Waals surface area (Å²) >= 11 is 19.2. The number of thiazole rings is 3. The zero-order valence-electron chi connectivity index (χ0n) is 33.0. The molecule has 0 aliphatic heterocycles. The van der Waals surface area contributed by atoms with Crippen molar-refractivity contribution in [3.8, 4) is 0 Å². The number of amides is 3. The minimum atomic E-state index is -4.66. The van der Waals surface area contributed by atoms with Gasteiger partial charge in [-0.2, -0.15) is 39.5 Å². The minimum Gasteiger partial charge on any atom is -0.386 e. The highest BCUT2D eigenvalue weighted by Gasteiger charge is 2.36. The van der Waals surface area contributed by atoms with Gasteiger partial charge in [0.15, 0.2) is 10.8 Å². The second kappa shape index (κ2) is 23.1. The van der Waals surface area contributed by atoms with E-state index in [1.165, 1.54) is 26.2 Å². The van der Waals surface area contributed by atoms with Gasteiger partial charge in [-0.25, -0.2) is 29.9 Å². The molecule has 2 atom stereocenters. The summed E-state index contributed by atoms with van der Waals surface area (Å²) in [6, 6.07) is 1.62. The number of pyridine rings is 3. The second-order valence-corrected chi connectivity index (χ2v) is 17.1. The monoisotopic (exact) mass is 1070 g/mol. The predicted octanol–water partition coefficient (Wildman–Crippen LogP) is 11.3. The van der Waals surface area contributed by atoms with Crippen LogP contribution < -0.4 is 21.7 Å². The number of hydrogen-bond donors (Lipinski definition) is 5. The third-order valence-corrected chi connectivity index (χ3v) is 11.8. The highest BCUT2D eigenvalue weighted by molar-refractivity contribution is 7.15. The van der Waals surface area contributed by atoms with Crippen LogP contribution in [0.25, 0.3) is 0 Å². The van der Waals surface area contributed by atoms with Gasteiger partial charge in [0.2, 0.25) is 0 Å². The average Bonchev–Trinajstić information content (AvgIpc) is 4.02. The van der Waals surface area contributed by atoms with E-state index in [-0.39, 0.29) is 56.3 Å². The molecule has 0 fully saturated rings. The summed E-state index contributed by atoms with van der Waals surface area (Å²) in [5.74, 6) is -3.16. The normalized spacial score (nSPS) is 12.3. The molecule has 0 aliphatic rings. The van der Waals surface area contributed by atoms with Crippen molar-refractivity contribution in [3.63, 3.8) is 0 Å². The molecule has 0 saturated heterocycles. The first-order chi connectivity index (χ1) is 30.5. The van der Waals surface area contributed by atoms with E-state index in [9.17, 15) is 63.8 Å². The van der Waals surface area contributed by atoms with E-state index in [0.717, 1.165) is 58.8 Å². The Morgan fingerprint density at radius 2 is 0.881 bits per heavy atom. The Bertz CT molecular complexity index is 2610. The summed E-state index contributed by atoms with van der Waals surface area (Å²) in [6.45, 7) is 4.48. The molecule has 6 N–H and O–H groups in total. The SMILES string of the molecule is C.CC(=O)c1ncc(C(=O)Nc2cc(C(F)(F)F)c(Cl)cn2)s1.CC(O)c1ncc(C(=O)Nc2cc(C(F)(F)F)c(Cl)cn2)s1.C[C@@H](N)c1ncc(C(=O)Nc2cc(C(F)(F)F)c(Cl)cn2)s1. The van der Waals surface area contributed by atoms with Crippen LogP contribution in [0.2, 0.25) is 15.1 Å². The number of aliphatic hydroxyl groups excluding tert-OH is 1. The molecule has 6 rings (SSSR count). The van der Waals surface area contributed by atoms with Gasteiger partial charge >= 0.3 is 18.5 Å². The van der Waals surface area contributed by atoms with Gasteiger partial charge in [0.1, 0.15) is 48.2 Å². The molecule has 15 nitrogen and oxygen atoms in total. The number of rotatable bonds is 9. The van der Waals surface area contributed by atoms with Crippen molar-refractivity contribution in [1.29, 1.82) is 0 Å². The van der Waals surface area contributed by atoms with E-state index in [0.29, 0.717) is 28.2 Å². The standard InChI is InChI=1S/C12H10ClF3N4OS.C12H9ClF3N3O2S.C12H7ClF3N3O2S.CH4/c1-5(17)11-19-4-8(22-11)10(21)20-9-2-6(12(14,15)16)7(13)3-18-9;2*1-5(20)11-18-4-8(22-11)10(21)19-9-2-6(12(14,15)16)7(13)3-17-9;/h2-5H,17H2,1H3,(H,18,20,21);2-5,20H,1H3,(H,17,19,21);2-4H,1H3,(H,17,19,21);1H4/t5-;;;/m1.../s1. The van der Waals surface area contributed by atoms with Gasteiger partial charge in [0.25, 0.3) is 17.7 Å². The number of nitrogens with zero attached hydrogens (tertiary/aromatic N) is 6. The highest BCUT2D eigenvalue weighted by Crippen LogP contribution is 2.38. The summed E-state index contributed by atoms with van der Waals surface area (Å²) in [5, 5.41) is 15.4. The van der Waals surface area contributed by atoms with Crippen molar-refractivity contribution in [2.45, 2.75) is 58.9 Å². The molecule has 0 aliphatic carbocycles. The second-order valence-electron chi connectivity index (χ2n) is 12.7. The quantitative estimate of drug-likeness (QED) is 0.0673. The Morgan fingerprint density at radius 1 is 0.567 bits per heavy atom. The van der Waals surface area contributed by atoms with Crippen LogP contribution in [-0.4, -0.2) is 58.5 Å². The first-order valence-electron chi connectivity index (χ1n) is 17.5. The van der Waals surface area contributed by atoms with Crippen molar-refractivity contribution in [1.82, 2.24) is 29.9 Å². The number of ketones is 1. The van der Waals surface area contributed by atoms with E-state index in [1.54, 1.807) is 6.92 Å². The maximum absolute atomic E-state index is 12.7. The molecule has 0 spiro atoms. The van der Waals surface area contributed by atoms with Gasteiger partial charge in [-0.05, 0) is 32.0 Å². The fourth-order valence-corrected chi connectivity index (χ4v) is 7.29. The van der Waals surface area contributed by atoms with Crippen LogP contribution in [0.5, 0.6) is 0 Å². The number of nitrogens with one attached hydrogen (secondary N) is 3. The number of aliphatic hydroxyl groups is 1. The molecule has 0 aromatic carbocycles. The highest BCUT2D eigenvalue weighted by atomic mass is 35.5. The zero-order valence-corrected chi connectivity index (χ0v) is 37.7. The van der Waals surface area contributed by atoms with Gasteiger partial charge in [0, 0.05) is 25.5 Å². The van der Waals surface area contributed by atoms with Crippen LogP contribution in [0.4, 0.5) is 57.0 Å². The lowest BCUT2D eigenvalue weighted by molar-refractivity contribution is -0.138. The molecular formula is C37H30Cl3F9N10O5S3. The van der Waals surface area contributed by atoms with Crippen LogP contribution in [0, 0.1) is 0 Å². The number of anilines is 3. The van der Waals surface area contributed by atoms with Crippen molar-refractivity contribution in [2.75, 3.05) is 16.0 Å². The predicted molar refractivity (Wildman–Crippen MR) is 233 cm³/mol. The van der Waals surface area contributed by atoms with E-state index in [2.05, 4.69) is 45.9 Å². The molecule has 30 heteroatoms. The largest absolute Gasteiger partial charge is 0.418 e. The maximum Gasteiger partial charge on any atom is 0.418 e. The smallest absolute Gasteiger partial charge is 0.386 e. The number of alkyl halides is 9. The van der Waals surface area contributed by atoms with Crippen molar-refractivity contribution in [3.05, 3.63) is 117 Å². The molecule has 360 valence electrons. The number of Topliss-reactive ketones (excluding diaryl/α,β-unsaturated/α-hetero) is 1. The Balaban J connectivity index is 0.000000264. The summed E-state index contributed by atoms with van der Waals surface area (Å²) in [6.07, 6.45) is -8.64. The van der Waals surface area contributed by atoms with Crippen molar-refractivity contribution in [2.24, 2.45) is 5.73 Å². The summed E-state index contributed by atoms with van der Waals surface area (Å²) in [4.78, 5) is 69.7. The molecular weight excluding hydrogens is 1040 g/mol. The lowest BCUT2D eigenvalue weighted by atomic mass is 10.2. The molecule has 3 amide bonds. The van der Waals surface area contributed by atoms with Gasteiger partial charge < -0.3 is 26.8 Å². The van der Waals surface area contributed by atoms with Crippen molar-refractivity contribution < 1.29 is 63.8 Å². The third kappa shape index (κ3) is 15.8. The fraction of sp³-hybridized carbons (Fsp3) is 0.243. The van der Waals surface area contributed by atoms with Gasteiger partial charge in [-0.15, -0.1) is 34.0 Å². The summed E-state index contributed by atoms with van der Waals surface area (Å²) < 4.78 is 114. The zero-order chi connectivity index (χ0) is 49.5. The third-order valence-electron chi connectivity index (χ3n) is 7.48. The Morgan fingerprint density at radius 3 is 1.15 bits per heavy atom. The Hall–Kier alpha value is -5.42. The number of aromatic nitrogens is 6. The first kappa shape index (κ1) is 55.9. The number of carbonyl (C=O) groups excluding carboxylic acids is 4. The molecule has 1 unspecified atom stereocenters. The van der Waals surface area contributed by atoms with E-state index in [4.69, 9.17) is 40.5 Å². The number of halogens is 12. The average molecular weight is 1070 g/mol. The van der Waals surface area contributed by atoms with E-state index >= 15 is 0 Å². The number of carbonyl (C=O) groups is 4. The van der Waals surface area contributed by atoms with Gasteiger partial charge in [-0.1, -0.05) is 42.2 Å². The minimum absolute atomic E-state index is 0. The van der Waals surface area contributed by atoms with Crippen LogP contribution in [-0.2, 0) is 18.5 Å². The van der Waals surface area contributed by atoms with Crippen LogP contribution >= 0.6 is 68.8 Å². The number of hydrogen-bond acceptors (Lipinski definition) is 15. The Labute approximate surface area is 399 Å². The van der Waals surface area contributed by atoms with Crippen LogP contribution in [0.3, 0.4) is 0 Å². The van der Waals surface area contributed by atoms with Crippen LogP contribution in [0.1, 0.15) is 106 Å². The van der Waals surface area contributed by atoms with E-state index in [1.807, 2.05) is 0 Å². The lowest BCUT2D eigenvalue weighted by Gasteiger charge is -2.10. The van der Waals surface area contributed by atoms with Crippen LogP contribution in [0.15, 0.2) is 55.4 Å². The topological polar surface area (TPSA) is 228 Å². The molecule has 0 saturated carbocycles. The molecule has 67 heavy (non-hydrogen) atoms. The molecule has 6 heterocycles. The first-order valence-corrected chi connectivity index (χ1v) is 21.1. The molecule has 6 aromatic rings. The lowest BCUT2D eigenvalue weighted by Crippen LogP contribution is -2.13. The van der Waals surface area contributed by atoms with E-state index < -0.39 is 74.1 Å². The Kier molecular flexibility index (Phi) is 19.2. The fourth-order valence-electron chi connectivity index (χ4n) is 4.44. The molecule has 0 bridgehead atoms. The molecule has 6 aromatic heterocycles. The maximum atomic E-state index is 12.7. The molecule has 0 radical (unpaired) electrons. The van der Waals surface area contributed by atoms with Crippen molar-refractivity contribution >= 4 is 110 Å². The van der Waals surface area contributed by atoms with Gasteiger partial charge in [-0.3, -0.25) is 19.2 Å². The number of nitrogens with two attached hydrogens (primary N) is 1.